The fourth-order valence-electron chi connectivity index (χ4n) is 6.48. The molecule has 0 amide bonds. The van der Waals surface area contributed by atoms with Crippen LogP contribution >= 0.6 is 0 Å². The standard InChI is InChI=1S/C34H46O3/c1-4-5-6-7-26-8-10-29(11-9-26)31-18-21-33(24(2)22-31)30-14-12-27(13-15-30)28-16-19-32(20-17-28)37-34(36)25(3)23-35/h12-15,18,21-22,26,28-29,32,35H,3-11,16-17,19-20,23H2,1-2H3. The van der Waals surface area contributed by atoms with Crippen molar-refractivity contribution in [2.75, 3.05) is 6.61 Å². The molecule has 1 N–H and O–H groups in total. The molecule has 2 aliphatic carbocycles. The maximum atomic E-state index is 11.9. The predicted octanol–water partition coefficient (Wildman–Crippen LogP) is 8.63. The van der Waals surface area contributed by atoms with Crippen molar-refractivity contribution in [3.8, 4) is 11.1 Å². The molecule has 2 aromatic rings. The third-order valence-corrected chi connectivity index (χ3v) is 8.91. The minimum absolute atomic E-state index is 0.0661. The molecule has 2 fully saturated rings. The normalized spacial score (nSPS) is 24.0. The number of unbranched alkanes of at least 4 members (excludes halogenated alkanes) is 2. The average molecular weight is 503 g/mol. The first-order chi connectivity index (χ1) is 18.0. The molecule has 2 saturated carbocycles. The molecular formula is C34H46O3. The maximum absolute atomic E-state index is 11.9. The van der Waals surface area contributed by atoms with Crippen LogP contribution in [0.25, 0.3) is 11.1 Å². The molecule has 0 heterocycles. The monoisotopic (exact) mass is 502 g/mol. The third kappa shape index (κ3) is 7.35. The van der Waals surface area contributed by atoms with Crippen molar-refractivity contribution in [3.05, 3.63) is 71.3 Å². The fourth-order valence-corrected chi connectivity index (χ4v) is 6.48. The second kappa shape index (κ2) is 13.4. The number of rotatable bonds is 10. The second-order valence-corrected chi connectivity index (χ2v) is 11.6. The Hall–Kier alpha value is -2.39. The number of carbonyl (C=O) groups excluding carboxylic acids is 1. The van der Waals surface area contributed by atoms with Crippen LogP contribution in [0.1, 0.15) is 112 Å². The summed E-state index contributed by atoms with van der Waals surface area (Å²) >= 11 is 0. The molecule has 200 valence electrons. The Balaban J connectivity index is 1.30. The Morgan fingerprint density at radius 2 is 1.51 bits per heavy atom. The summed E-state index contributed by atoms with van der Waals surface area (Å²) in [6, 6.07) is 16.3. The summed E-state index contributed by atoms with van der Waals surface area (Å²) in [7, 11) is 0. The van der Waals surface area contributed by atoms with Gasteiger partial charge in [-0.15, -0.1) is 0 Å². The Morgan fingerprint density at radius 3 is 2.14 bits per heavy atom. The summed E-state index contributed by atoms with van der Waals surface area (Å²) in [6.45, 7) is 7.77. The van der Waals surface area contributed by atoms with Gasteiger partial charge in [0.15, 0.2) is 0 Å². The van der Waals surface area contributed by atoms with E-state index in [4.69, 9.17) is 9.84 Å². The van der Waals surface area contributed by atoms with Crippen LogP contribution in [0.4, 0.5) is 0 Å². The number of carbonyl (C=O) groups is 1. The smallest absolute Gasteiger partial charge is 0.336 e. The predicted molar refractivity (Wildman–Crippen MR) is 153 cm³/mol. The van der Waals surface area contributed by atoms with Crippen LogP contribution in [0.3, 0.4) is 0 Å². The zero-order valence-electron chi connectivity index (χ0n) is 23.0. The van der Waals surface area contributed by atoms with Gasteiger partial charge in [-0.3, -0.25) is 0 Å². The zero-order valence-corrected chi connectivity index (χ0v) is 23.0. The van der Waals surface area contributed by atoms with E-state index in [1.165, 1.54) is 79.2 Å². The topological polar surface area (TPSA) is 46.5 Å². The van der Waals surface area contributed by atoms with Gasteiger partial charge in [0.05, 0.1) is 12.2 Å². The average Bonchev–Trinajstić information content (AvgIpc) is 2.93. The number of hydrogen-bond acceptors (Lipinski definition) is 3. The van der Waals surface area contributed by atoms with E-state index in [1.54, 1.807) is 0 Å². The molecule has 3 nitrogen and oxygen atoms in total. The molecule has 37 heavy (non-hydrogen) atoms. The fraction of sp³-hybridized carbons (Fsp3) is 0.559. The first-order valence-electron chi connectivity index (χ1n) is 14.7. The summed E-state index contributed by atoms with van der Waals surface area (Å²) in [5.41, 5.74) is 7.04. The van der Waals surface area contributed by atoms with Crippen molar-refractivity contribution in [1.29, 1.82) is 0 Å². The summed E-state index contributed by atoms with van der Waals surface area (Å²) in [4.78, 5) is 11.9. The molecule has 3 heteroatoms. The lowest BCUT2D eigenvalue weighted by molar-refractivity contribution is -0.146. The van der Waals surface area contributed by atoms with Crippen molar-refractivity contribution < 1.29 is 14.6 Å². The van der Waals surface area contributed by atoms with E-state index < -0.39 is 5.97 Å². The summed E-state index contributed by atoms with van der Waals surface area (Å²) in [5.74, 6) is 1.73. The van der Waals surface area contributed by atoms with E-state index in [2.05, 4.69) is 62.9 Å². The van der Waals surface area contributed by atoms with E-state index in [1.807, 2.05) is 0 Å². The SMILES string of the molecule is C=C(CO)C(=O)OC1CCC(c2ccc(-c3ccc(C4CCC(CCCCC)CC4)cc3C)cc2)CC1. The van der Waals surface area contributed by atoms with E-state index in [9.17, 15) is 4.79 Å². The highest BCUT2D eigenvalue weighted by Crippen LogP contribution is 2.40. The molecule has 0 aromatic heterocycles. The van der Waals surface area contributed by atoms with Crippen molar-refractivity contribution in [3.63, 3.8) is 0 Å². The summed E-state index contributed by atoms with van der Waals surface area (Å²) in [6.07, 6.45) is 14.7. The molecule has 0 radical (unpaired) electrons. The van der Waals surface area contributed by atoms with Gasteiger partial charge in [-0.1, -0.05) is 81.7 Å². The number of benzene rings is 2. The Bertz CT molecular complexity index is 1020. The lowest BCUT2D eigenvalue weighted by Crippen LogP contribution is -2.25. The van der Waals surface area contributed by atoms with Crippen molar-refractivity contribution in [1.82, 2.24) is 0 Å². The van der Waals surface area contributed by atoms with Crippen LogP contribution in [0.5, 0.6) is 0 Å². The third-order valence-electron chi connectivity index (χ3n) is 8.91. The van der Waals surface area contributed by atoms with Gasteiger partial charge >= 0.3 is 5.97 Å². The van der Waals surface area contributed by atoms with Crippen molar-refractivity contribution in [2.24, 2.45) is 5.92 Å². The Morgan fingerprint density at radius 1 is 0.892 bits per heavy atom. The highest BCUT2D eigenvalue weighted by Gasteiger charge is 2.26. The first-order valence-corrected chi connectivity index (χ1v) is 14.7. The van der Waals surface area contributed by atoms with Crippen molar-refractivity contribution in [2.45, 2.75) is 109 Å². The lowest BCUT2D eigenvalue weighted by atomic mass is 9.76. The van der Waals surface area contributed by atoms with Gasteiger partial charge in [0, 0.05) is 0 Å². The first kappa shape index (κ1) is 27.6. The highest BCUT2D eigenvalue weighted by atomic mass is 16.5. The van der Waals surface area contributed by atoms with Gasteiger partial charge in [-0.25, -0.2) is 4.79 Å². The molecule has 0 spiro atoms. The molecule has 0 bridgehead atoms. The molecule has 0 saturated heterocycles. The van der Waals surface area contributed by atoms with Crippen LogP contribution in [0.2, 0.25) is 0 Å². The molecular weight excluding hydrogens is 456 g/mol. The van der Waals surface area contributed by atoms with Gasteiger partial charge in [-0.2, -0.15) is 0 Å². The highest BCUT2D eigenvalue weighted by molar-refractivity contribution is 5.88. The molecule has 0 atom stereocenters. The van der Waals surface area contributed by atoms with Crippen LogP contribution in [0, 0.1) is 12.8 Å². The van der Waals surface area contributed by atoms with E-state index in [0.717, 1.165) is 37.5 Å². The quantitative estimate of drug-likeness (QED) is 0.201. The molecule has 2 aliphatic rings. The van der Waals surface area contributed by atoms with Gasteiger partial charge in [-0.05, 0) is 104 Å². The van der Waals surface area contributed by atoms with E-state index >= 15 is 0 Å². The second-order valence-electron chi connectivity index (χ2n) is 11.6. The van der Waals surface area contributed by atoms with Gasteiger partial charge in [0.1, 0.15) is 6.10 Å². The lowest BCUT2D eigenvalue weighted by Gasteiger charge is -2.29. The maximum Gasteiger partial charge on any atom is 0.336 e. The number of esters is 1. The summed E-state index contributed by atoms with van der Waals surface area (Å²) < 4.78 is 5.50. The Kier molecular flexibility index (Phi) is 10.0. The number of ether oxygens (including phenoxy) is 1. The summed E-state index contributed by atoms with van der Waals surface area (Å²) in [5, 5.41) is 9.06. The van der Waals surface area contributed by atoms with Gasteiger partial charge in [0.25, 0.3) is 0 Å². The largest absolute Gasteiger partial charge is 0.459 e. The number of aryl methyl sites for hydroxylation is 1. The molecule has 0 aliphatic heterocycles. The molecule has 2 aromatic carbocycles. The minimum atomic E-state index is -0.466. The molecule has 4 rings (SSSR count). The van der Waals surface area contributed by atoms with Gasteiger partial charge < -0.3 is 9.84 Å². The zero-order chi connectivity index (χ0) is 26.2. The van der Waals surface area contributed by atoms with Crippen LogP contribution in [-0.4, -0.2) is 23.8 Å². The number of aliphatic hydroxyl groups is 1. The van der Waals surface area contributed by atoms with E-state index in [-0.39, 0.29) is 18.3 Å². The van der Waals surface area contributed by atoms with Gasteiger partial charge in [0.2, 0.25) is 0 Å². The van der Waals surface area contributed by atoms with Crippen LogP contribution < -0.4 is 0 Å². The van der Waals surface area contributed by atoms with Crippen LogP contribution in [-0.2, 0) is 9.53 Å². The van der Waals surface area contributed by atoms with Crippen LogP contribution in [0.15, 0.2) is 54.6 Å². The van der Waals surface area contributed by atoms with Crippen molar-refractivity contribution >= 4 is 5.97 Å². The number of aliphatic hydroxyl groups excluding tert-OH is 1. The molecule has 0 unspecified atom stereocenters. The number of hydrogen-bond donors (Lipinski definition) is 1. The Labute approximate surface area is 224 Å². The minimum Gasteiger partial charge on any atom is -0.459 e. The van der Waals surface area contributed by atoms with E-state index in [0.29, 0.717) is 5.92 Å².